The molecule has 5 heteroatoms. The highest BCUT2D eigenvalue weighted by atomic mass is 16.5. The van der Waals surface area contributed by atoms with E-state index >= 15 is 0 Å². The van der Waals surface area contributed by atoms with Crippen molar-refractivity contribution >= 4 is 5.91 Å². The Hall–Kier alpha value is -1.33. The van der Waals surface area contributed by atoms with Crippen molar-refractivity contribution in [2.75, 3.05) is 26.3 Å². The molecule has 2 N–H and O–H groups in total. The van der Waals surface area contributed by atoms with Gasteiger partial charge in [0.05, 0.1) is 13.2 Å². The molecule has 0 radical (unpaired) electrons. The van der Waals surface area contributed by atoms with E-state index in [0.717, 1.165) is 13.1 Å². The number of carbonyl (C=O) groups is 1. The second kappa shape index (κ2) is 5.67. The molecule has 88 valence electrons. The van der Waals surface area contributed by atoms with Crippen LogP contribution < -0.4 is 10.6 Å². The van der Waals surface area contributed by atoms with E-state index in [2.05, 4.69) is 10.6 Å². The second-order valence-electron chi connectivity index (χ2n) is 3.79. The molecule has 1 unspecified atom stereocenters. The number of nitrogens with one attached hydrogen (secondary N) is 2. The van der Waals surface area contributed by atoms with Gasteiger partial charge in [0.25, 0.3) is 0 Å². The monoisotopic (exact) mass is 223 g/mol. The summed E-state index contributed by atoms with van der Waals surface area (Å²) in [5.74, 6) is 0.0202. The number of hydrogen-bond donors (Lipinski definition) is 2. The van der Waals surface area contributed by atoms with Gasteiger partial charge in [-0.25, -0.2) is 0 Å². The molecule has 0 spiro atoms. The maximum atomic E-state index is 11.7. The van der Waals surface area contributed by atoms with Gasteiger partial charge >= 0.3 is 0 Å². The molecular formula is C11H17N3O2. The average Bonchev–Trinajstić information content (AvgIpc) is 2.83. The molecule has 0 aliphatic carbocycles. The Bertz CT molecular complexity index is 318. The SMILES string of the molecule is O=C(NCCn1cccc1)C1COCCN1. The minimum atomic E-state index is -0.196. The first-order valence-corrected chi connectivity index (χ1v) is 5.56. The third-order valence-electron chi connectivity index (χ3n) is 2.57. The number of amides is 1. The lowest BCUT2D eigenvalue weighted by molar-refractivity contribution is -0.125. The van der Waals surface area contributed by atoms with Crippen LogP contribution in [-0.4, -0.2) is 42.8 Å². The van der Waals surface area contributed by atoms with Crippen LogP contribution in [0, 0.1) is 0 Å². The normalized spacial score (nSPS) is 20.6. The smallest absolute Gasteiger partial charge is 0.239 e. The summed E-state index contributed by atoms with van der Waals surface area (Å²) in [5.41, 5.74) is 0. The predicted molar refractivity (Wildman–Crippen MR) is 60.1 cm³/mol. The van der Waals surface area contributed by atoms with Gasteiger partial charge < -0.3 is 19.9 Å². The van der Waals surface area contributed by atoms with Gasteiger partial charge in [-0.15, -0.1) is 0 Å². The van der Waals surface area contributed by atoms with Crippen LogP contribution in [0.5, 0.6) is 0 Å². The van der Waals surface area contributed by atoms with Gasteiger partial charge in [0.2, 0.25) is 5.91 Å². The fraction of sp³-hybridized carbons (Fsp3) is 0.545. The number of nitrogens with zero attached hydrogens (tertiary/aromatic N) is 1. The van der Waals surface area contributed by atoms with Crippen LogP contribution in [0.25, 0.3) is 0 Å². The molecular weight excluding hydrogens is 206 g/mol. The van der Waals surface area contributed by atoms with Gasteiger partial charge in [-0.1, -0.05) is 0 Å². The largest absolute Gasteiger partial charge is 0.378 e. The Morgan fingerprint density at radius 1 is 1.50 bits per heavy atom. The minimum Gasteiger partial charge on any atom is -0.378 e. The van der Waals surface area contributed by atoms with Crippen LogP contribution >= 0.6 is 0 Å². The zero-order valence-corrected chi connectivity index (χ0v) is 9.19. The topological polar surface area (TPSA) is 55.3 Å². The number of hydrogen-bond acceptors (Lipinski definition) is 3. The van der Waals surface area contributed by atoms with Gasteiger partial charge in [0.1, 0.15) is 6.04 Å². The first kappa shape index (κ1) is 11.2. The molecule has 5 nitrogen and oxygen atoms in total. The van der Waals surface area contributed by atoms with Gasteiger partial charge in [-0.05, 0) is 12.1 Å². The lowest BCUT2D eigenvalue weighted by Crippen LogP contribution is -2.51. The van der Waals surface area contributed by atoms with Gasteiger partial charge in [0.15, 0.2) is 0 Å². The molecule has 0 saturated carbocycles. The van der Waals surface area contributed by atoms with Crippen LogP contribution in [0.4, 0.5) is 0 Å². The molecule has 1 aliphatic rings. The number of carbonyl (C=O) groups excluding carboxylic acids is 1. The first-order chi connectivity index (χ1) is 7.86. The van der Waals surface area contributed by atoms with Crippen LogP contribution in [0.3, 0.4) is 0 Å². The summed E-state index contributed by atoms with van der Waals surface area (Å²) in [7, 11) is 0. The Kier molecular flexibility index (Phi) is 3.96. The van der Waals surface area contributed by atoms with E-state index in [-0.39, 0.29) is 11.9 Å². The van der Waals surface area contributed by atoms with Gasteiger partial charge in [0, 0.05) is 32.0 Å². The predicted octanol–water partition coefficient (Wildman–Crippen LogP) is -0.407. The Labute approximate surface area is 94.8 Å². The highest BCUT2D eigenvalue weighted by molar-refractivity contribution is 5.81. The summed E-state index contributed by atoms with van der Waals surface area (Å²) in [5, 5.41) is 6.01. The molecule has 0 aromatic carbocycles. The highest BCUT2D eigenvalue weighted by Gasteiger charge is 2.20. The maximum Gasteiger partial charge on any atom is 0.239 e. The molecule has 1 aromatic heterocycles. The number of aromatic nitrogens is 1. The van der Waals surface area contributed by atoms with Gasteiger partial charge in [-0.2, -0.15) is 0 Å². The van der Waals surface area contributed by atoms with Crippen molar-refractivity contribution in [1.29, 1.82) is 0 Å². The highest BCUT2D eigenvalue weighted by Crippen LogP contribution is 1.93. The fourth-order valence-corrected chi connectivity index (χ4v) is 1.68. The van der Waals surface area contributed by atoms with E-state index in [1.807, 2.05) is 29.1 Å². The van der Waals surface area contributed by atoms with E-state index in [1.165, 1.54) is 0 Å². The standard InChI is InChI=1S/C11H17N3O2/c15-11(10-9-16-8-4-12-10)13-3-7-14-5-1-2-6-14/h1-2,5-6,10,12H,3-4,7-9H2,(H,13,15). The molecule has 1 atom stereocenters. The van der Waals surface area contributed by atoms with Crippen molar-refractivity contribution < 1.29 is 9.53 Å². The van der Waals surface area contributed by atoms with Crippen LogP contribution in [0.15, 0.2) is 24.5 Å². The summed E-state index contributed by atoms with van der Waals surface area (Å²) >= 11 is 0. The van der Waals surface area contributed by atoms with Crippen LogP contribution in [0.2, 0.25) is 0 Å². The maximum absolute atomic E-state index is 11.7. The quantitative estimate of drug-likeness (QED) is 0.730. The molecule has 1 aromatic rings. The molecule has 1 aliphatic heterocycles. The van der Waals surface area contributed by atoms with E-state index in [4.69, 9.17) is 4.74 Å². The summed E-state index contributed by atoms with van der Waals surface area (Å²) in [6.07, 6.45) is 3.96. The molecule has 2 rings (SSSR count). The Morgan fingerprint density at radius 2 is 2.31 bits per heavy atom. The van der Waals surface area contributed by atoms with E-state index in [0.29, 0.717) is 19.8 Å². The van der Waals surface area contributed by atoms with E-state index in [9.17, 15) is 4.79 Å². The molecule has 16 heavy (non-hydrogen) atoms. The van der Waals surface area contributed by atoms with Crippen molar-refractivity contribution in [3.8, 4) is 0 Å². The number of morpholine rings is 1. The lowest BCUT2D eigenvalue weighted by Gasteiger charge is -2.22. The van der Waals surface area contributed by atoms with Crippen LogP contribution in [0.1, 0.15) is 0 Å². The van der Waals surface area contributed by atoms with E-state index < -0.39 is 0 Å². The van der Waals surface area contributed by atoms with Gasteiger partial charge in [-0.3, -0.25) is 4.79 Å². The molecule has 1 amide bonds. The van der Waals surface area contributed by atoms with Crippen molar-refractivity contribution in [2.24, 2.45) is 0 Å². The summed E-state index contributed by atoms with van der Waals surface area (Å²) in [4.78, 5) is 11.7. The van der Waals surface area contributed by atoms with Crippen molar-refractivity contribution in [3.63, 3.8) is 0 Å². The average molecular weight is 223 g/mol. The number of ether oxygens (including phenoxy) is 1. The van der Waals surface area contributed by atoms with Crippen molar-refractivity contribution in [1.82, 2.24) is 15.2 Å². The molecule has 1 saturated heterocycles. The summed E-state index contributed by atoms with van der Waals surface area (Å²) < 4.78 is 7.26. The first-order valence-electron chi connectivity index (χ1n) is 5.56. The zero-order valence-electron chi connectivity index (χ0n) is 9.19. The van der Waals surface area contributed by atoms with Crippen LogP contribution in [-0.2, 0) is 16.1 Å². The third kappa shape index (κ3) is 3.08. The molecule has 0 bridgehead atoms. The zero-order chi connectivity index (χ0) is 11.2. The lowest BCUT2D eigenvalue weighted by atomic mass is 10.2. The summed E-state index contributed by atoms with van der Waals surface area (Å²) in [6.45, 7) is 3.34. The molecule has 2 heterocycles. The fourth-order valence-electron chi connectivity index (χ4n) is 1.68. The summed E-state index contributed by atoms with van der Waals surface area (Å²) in [6, 6.07) is 3.75. The second-order valence-corrected chi connectivity index (χ2v) is 3.79. The minimum absolute atomic E-state index is 0.0202. The number of rotatable bonds is 4. The van der Waals surface area contributed by atoms with E-state index in [1.54, 1.807) is 0 Å². The molecule has 1 fully saturated rings. The Balaban J connectivity index is 1.67. The van der Waals surface area contributed by atoms with Crippen molar-refractivity contribution in [2.45, 2.75) is 12.6 Å². The third-order valence-corrected chi connectivity index (χ3v) is 2.57. The Morgan fingerprint density at radius 3 is 3.00 bits per heavy atom. The van der Waals surface area contributed by atoms with Crippen molar-refractivity contribution in [3.05, 3.63) is 24.5 Å².